The molecule has 2 rings (SSSR count). The second-order valence-electron chi connectivity index (χ2n) is 5.55. The molecule has 1 aliphatic rings. The van der Waals surface area contributed by atoms with Crippen LogP contribution in [0.1, 0.15) is 25.0 Å². The van der Waals surface area contributed by atoms with Crippen molar-refractivity contribution >= 4 is 5.84 Å². The number of benzene rings is 1. The van der Waals surface area contributed by atoms with Crippen LogP contribution in [0.5, 0.6) is 0 Å². The van der Waals surface area contributed by atoms with Gasteiger partial charge in [0.05, 0.1) is 18.8 Å². The predicted octanol–water partition coefficient (Wildman–Crippen LogP) is 1.53. The number of rotatable bonds is 3. The third-order valence-electron chi connectivity index (χ3n) is 3.64. The van der Waals surface area contributed by atoms with Crippen LogP contribution in [-0.4, -0.2) is 41.2 Å². The Balaban J connectivity index is 2.26. The van der Waals surface area contributed by atoms with Gasteiger partial charge in [-0.3, -0.25) is 4.90 Å². The van der Waals surface area contributed by atoms with E-state index in [-0.39, 0.29) is 16.9 Å². The van der Waals surface area contributed by atoms with Crippen molar-refractivity contribution < 1.29 is 14.3 Å². The number of ether oxygens (including phenoxy) is 1. The fourth-order valence-corrected chi connectivity index (χ4v) is 2.34. The van der Waals surface area contributed by atoms with E-state index in [4.69, 9.17) is 15.7 Å². The molecule has 110 valence electrons. The number of halogens is 1. The number of morpholine rings is 1. The summed E-state index contributed by atoms with van der Waals surface area (Å²) >= 11 is 0. The normalized spacial score (nSPS) is 20.1. The summed E-state index contributed by atoms with van der Waals surface area (Å²) in [6.07, 6.45) is 0. The van der Waals surface area contributed by atoms with Gasteiger partial charge < -0.3 is 15.7 Å². The van der Waals surface area contributed by atoms with E-state index in [1.165, 1.54) is 6.07 Å². The van der Waals surface area contributed by atoms with Gasteiger partial charge in [-0.1, -0.05) is 17.3 Å². The van der Waals surface area contributed by atoms with Crippen molar-refractivity contribution in [3.05, 3.63) is 35.1 Å². The monoisotopic (exact) mass is 281 g/mol. The van der Waals surface area contributed by atoms with Gasteiger partial charge in [0.15, 0.2) is 5.84 Å². The molecule has 1 saturated heterocycles. The molecule has 5 nitrogen and oxygen atoms in total. The molecule has 0 saturated carbocycles. The zero-order valence-corrected chi connectivity index (χ0v) is 11.8. The lowest BCUT2D eigenvalue weighted by Gasteiger charge is -2.42. The Bertz CT molecular complexity index is 517. The van der Waals surface area contributed by atoms with E-state index in [2.05, 4.69) is 23.9 Å². The molecule has 3 N–H and O–H groups in total. The Morgan fingerprint density at radius 2 is 2.30 bits per heavy atom. The molecule has 6 heteroatoms. The summed E-state index contributed by atoms with van der Waals surface area (Å²) in [4.78, 5) is 2.17. The summed E-state index contributed by atoms with van der Waals surface area (Å²) in [6.45, 7) is 6.61. The predicted molar refractivity (Wildman–Crippen MR) is 74.2 cm³/mol. The first kappa shape index (κ1) is 14.7. The fraction of sp³-hybridized carbons (Fsp3) is 0.500. The number of nitrogens with zero attached hydrogens (tertiary/aromatic N) is 2. The zero-order chi connectivity index (χ0) is 14.8. The maximum Gasteiger partial charge on any atom is 0.173 e. The van der Waals surface area contributed by atoms with Gasteiger partial charge in [-0.25, -0.2) is 4.39 Å². The van der Waals surface area contributed by atoms with Crippen molar-refractivity contribution in [3.8, 4) is 0 Å². The molecule has 0 atom stereocenters. The molecule has 0 aromatic heterocycles. The first-order chi connectivity index (χ1) is 9.45. The van der Waals surface area contributed by atoms with E-state index in [0.29, 0.717) is 25.3 Å². The Morgan fingerprint density at radius 3 is 2.95 bits per heavy atom. The Morgan fingerprint density at radius 1 is 1.55 bits per heavy atom. The quantitative estimate of drug-likeness (QED) is 0.381. The number of oxime groups is 1. The molecular formula is C14H20FN3O2. The first-order valence-electron chi connectivity index (χ1n) is 6.54. The van der Waals surface area contributed by atoms with Gasteiger partial charge in [0, 0.05) is 24.2 Å². The fourth-order valence-electron chi connectivity index (χ4n) is 2.34. The molecule has 1 fully saturated rings. The molecule has 1 aromatic rings. The average molecular weight is 281 g/mol. The minimum absolute atomic E-state index is 0.121. The molecule has 0 unspecified atom stereocenters. The number of nitrogens with two attached hydrogens (primary N) is 1. The van der Waals surface area contributed by atoms with Crippen molar-refractivity contribution in [2.24, 2.45) is 10.9 Å². The SMILES string of the molecule is CC1(C)COCCN1Cc1cccc(/C(N)=N/O)c1F. The molecule has 1 aromatic carbocycles. The second-order valence-corrected chi connectivity index (χ2v) is 5.55. The summed E-state index contributed by atoms with van der Waals surface area (Å²) in [5.74, 6) is -0.657. The number of amidine groups is 1. The van der Waals surface area contributed by atoms with E-state index in [1.807, 2.05) is 0 Å². The van der Waals surface area contributed by atoms with Gasteiger partial charge in [-0.05, 0) is 19.9 Å². The van der Waals surface area contributed by atoms with E-state index in [0.717, 1.165) is 6.54 Å². The lowest BCUT2D eigenvalue weighted by atomic mass is 10.0. The smallest absolute Gasteiger partial charge is 0.173 e. The van der Waals surface area contributed by atoms with Crippen LogP contribution in [0.4, 0.5) is 4.39 Å². The summed E-state index contributed by atoms with van der Waals surface area (Å²) < 4.78 is 19.8. The highest BCUT2D eigenvalue weighted by Crippen LogP contribution is 2.23. The average Bonchev–Trinajstić information content (AvgIpc) is 2.42. The lowest BCUT2D eigenvalue weighted by Crippen LogP contribution is -2.52. The summed E-state index contributed by atoms with van der Waals surface area (Å²) in [5, 5.41) is 11.5. The van der Waals surface area contributed by atoms with E-state index in [1.54, 1.807) is 12.1 Å². The second kappa shape index (κ2) is 5.76. The van der Waals surface area contributed by atoms with Gasteiger partial charge in [-0.2, -0.15) is 0 Å². The maximum absolute atomic E-state index is 14.4. The van der Waals surface area contributed by atoms with Crippen molar-refractivity contribution in [3.63, 3.8) is 0 Å². The maximum atomic E-state index is 14.4. The minimum Gasteiger partial charge on any atom is -0.409 e. The highest BCUT2D eigenvalue weighted by molar-refractivity contribution is 5.97. The van der Waals surface area contributed by atoms with E-state index >= 15 is 0 Å². The summed E-state index contributed by atoms with van der Waals surface area (Å²) in [5.41, 5.74) is 5.99. The van der Waals surface area contributed by atoms with Crippen molar-refractivity contribution in [1.29, 1.82) is 0 Å². The number of hydrogen-bond donors (Lipinski definition) is 2. The van der Waals surface area contributed by atoms with Gasteiger partial charge >= 0.3 is 0 Å². The summed E-state index contributed by atoms with van der Waals surface area (Å²) in [7, 11) is 0. The van der Waals surface area contributed by atoms with E-state index < -0.39 is 5.82 Å². The van der Waals surface area contributed by atoms with Crippen molar-refractivity contribution in [1.82, 2.24) is 4.90 Å². The molecule has 0 spiro atoms. The molecule has 20 heavy (non-hydrogen) atoms. The van der Waals surface area contributed by atoms with Gasteiger partial charge in [0.2, 0.25) is 0 Å². The molecule has 1 heterocycles. The Labute approximate surface area is 117 Å². The van der Waals surface area contributed by atoms with Gasteiger partial charge in [0.25, 0.3) is 0 Å². The van der Waals surface area contributed by atoms with Crippen LogP contribution < -0.4 is 5.73 Å². The highest BCUT2D eigenvalue weighted by atomic mass is 19.1. The Kier molecular flexibility index (Phi) is 4.25. The van der Waals surface area contributed by atoms with Crippen LogP contribution in [0.3, 0.4) is 0 Å². The topological polar surface area (TPSA) is 71.1 Å². The minimum atomic E-state index is -0.440. The zero-order valence-electron chi connectivity index (χ0n) is 11.8. The van der Waals surface area contributed by atoms with Crippen LogP contribution in [0, 0.1) is 5.82 Å². The first-order valence-corrected chi connectivity index (χ1v) is 6.54. The van der Waals surface area contributed by atoms with Crippen molar-refractivity contribution in [2.45, 2.75) is 25.9 Å². The highest BCUT2D eigenvalue weighted by Gasteiger charge is 2.31. The number of hydrogen-bond acceptors (Lipinski definition) is 4. The molecule has 0 radical (unpaired) electrons. The van der Waals surface area contributed by atoms with E-state index in [9.17, 15) is 4.39 Å². The third kappa shape index (κ3) is 2.91. The standard InChI is InChI=1S/C14H20FN3O2/c1-14(2)9-20-7-6-18(14)8-10-4-3-5-11(12(10)15)13(16)17-19/h3-5,19H,6-9H2,1-2H3,(H2,16,17). The van der Waals surface area contributed by atoms with Gasteiger partial charge in [-0.15, -0.1) is 0 Å². The van der Waals surface area contributed by atoms with Crippen LogP contribution in [0.25, 0.3) is 0 Å². The van der Waals surface area contributed by atoms with Crippen LogP contribution in [-0.2, 0) is 11.3 Å². The largest absolute Gasteiger partial charge is 0.409 e. The van der Waals surface area contributed by atoms with Gasteiger partial charge in [0.1, 0.15) is 5.82 Å². The van der Waals surface area contributed by atoms with Crippen LogP contribution in [0.15, 0.2) is 23.4 Å². The molecule has 0 aliphatic carbocycles. The molecule has 1 aliphatic heterocycles. The van der Waals surface area contributed by atoms with Crippen molar-refractivity contribution in [2.75, 3.05) is 19.8 Å². The van der Waals surface area contributed by atoms with Crippen LogP contribution in [0.2, 0.25) is 0 Å². The Hall–Kier alpha value is -1.66. The molecule has 0 amide bonds. The summed E-state index contributed by atoms with van der Waals surface area (Å²) in [6, 6.07) is 4.92. The lowest BCUT2D eigenvalue weighted by molar-refractivity contribution is -0.0556. The molecular weight excluding hydrogens is 261 g/mol. The third-order valence-corrected chi connectivity index (χ3v) is 3.64. The molecule has 0 bridgehead atoms. The van der Waals surface area contributed by atoms with Crippen LogP contribution >= 0.6 is 0 Å².